The maximum absolute atomic E-state index is 13.4. The van der Waals surface area contributed by atoms with Gasteiger partial charge in [-0.2, -0.15) is 10.4 Å². The van der Waals surface area contributed by atoms with Crippen molar-refractivity contribution < 1.29 is 23.9 Å². The smallest absolute Gasteiger partial charge is 0.255 e. The summed E-state index contributed by atoms with van der Waals surface area (Å²) in [4.78, 5) is 80.3. The van der Waals surface area contributed by atoms with Crippen molar-refractivity contribution in [2.45, 2.75) is 70.1 Å². The molecule has 0 aliphatic carbocycles. The normalized spacial score (nSPS) is 20.4. The summed E-state index contributed by atoms with van der Waals surface area (Å²) in [6.45, 7) is 8.31. The first-order valence-corrected chi connectivity index (χ1v) is 23.8. The van der Waals surface area contributed by atoms with Gasteiger partial charge in [0.1, 0.15) is 23.7 Å². The second kappa shape index (κ2) is 19.6. The highest BCUT2D eigenvalue weighted by molar-refractivity contribution is 6.05. The first-order valence-electron chi connectivity index (χ1n) is 23.8. The number of imide groups is 1. The number of hydrogen-bond acceptors (Lipinski definition) is 12. The lowest BCUT2D eigenvalue weighted by Crippen LogP contribution is -2.52. The summed E-state index contributed by atoms with van der Waals surface area (Å²) in [5, 5.41) is 21.7. The van der Waals surface area contributed by atoms with E-state index in [4.69, 9.17) is 15.0 Å². The molecule has 10 rings (SSSR count). The van der Waals surface area contributed by atoms with Gasteiger partial charge in [-0.3, -0.25) is 34.2 Å². The molecular weight excluding hydrogens is 865 g/mol. The van der Waals surface area contributed by atoms with Crippen LogP contribution in [0, 0.1) is 17.2 Å². The number of H-pyrrole nitrogens is 1. The number of nitriles is 1. The molecule has 18 nitrogen and oxygen atoms in total. The number of rotatable bonds is 13. The Bertz CT molecular complexity index is 2780. The monoisotopic (exact) mass is 919 g/mol. The fourth-order valence-corrected chi connectivity index (χ4v) is 10.2. The van der Waals surface area contributed by atoms with Crippen molar-refractivity contribution in [2.75, 3.05) is 75.3 Å². The minimum atomic E-state index is -0.631. The number of aromatic amines is 1. The molecule has 4 aromatic heterocycles. The number of aromatic nitrogens is 4. The second-order valence-corrected chi connectivity index (χ2v) is 18.6. The summed E-state index contributed by atoms with van der Waals surface area (Å²) in [7, 11) is 0. The molecule has 68 heavy (non-hydrogen) atoms. The number of nitrogens with one attached hydrogen (secondary N) is 2. The van der Waals surface area contributed by atoms with Gasteiger partial charge >= 0.3 is 0 Å². The van der Waals surface area contributed by atoms with Crippen molar-refractivity contribution in [1.82, 2.24) is 39.6 Å². The zero-order valence-electron chi connectivity index (χ0n) is 38.0. The predicted molar refractivity (Wildman–Crippen MR) is 253 cm³/mol. The molecule has 1 aromatic carbocycles. The summed E-state index contributed by atoms with van der Waals surface area (Å²) in [6, 6.07) is 17.1. The molecule has 5 aliphatic heterocycles. The Hall–Kier alpha value is -7.10. The number of ether oxygens (including phenoxy) is 1. The third-order valence-electron chi connectivity index (χ3n) is 14.2. The number of anilines is 2. The van der Waals surface area contributed by atoms with E-state index in [9.17, 15) is 29.2 Å². The minimum Gasteiger partial charge on any atom is -0.654 e. The van der Waals surface area contributed by atoms with Crippen LogP contribution in [0.15, 0.2) is 78.1 Å². The van der Waals surface area contributed by atoms with Gasteiger partial charge in [-0.05, 0) is 67.5 Å². The Morgan fingerprint density at radius 3 is 2.51 bits per heavy atom. The highest BCUT2D eigenvalue weighted by atomic mass is 16.5. The molecule has 4 amide bonds. The Kier molecular flexibility index (Phi) is 12.9. The van der Waals surface area contributed by atoms with Crippen LogP contribution >= 0.6 is 0 Å². The number of likely N-dealkylation sites (tertiary alicyclic amines) is 1. The summed E-state index contributed by atoms with van der Waals surface area (Å²) in [6.07, 6.45) is 11.7. The maximum Gasteiger partial charge on any atom is 0.255 e. The minimum absolute atomic E-state index is 0.122. The second-order valence-electron chi connectivity index (χ2n) is 18.6. The van der Waals surface area contributed by atoms with Gasteiger partial charge in [0.2, 0.25) is 23.3 Å². The molecule has 352 valence electrons. The number of fused-ring (bicyclic) bond motifs is 2. The van der Waals surface area contributed by atoms with E-state index in [1.807, 2.05) is 59.8 Å². The Morgan fingerprint density at radius 1 is 0.897 bits per heavy atom. The van der Waals surface area contributed by atoms with E-state index in [0.29, 0.717) is 74.6 Å². The molecule has 0 bridgehead atoms. The van der Waals surface area contributed by atoms with Crippen molar-refractivity contribution in [3.05, 3.63) is 111 Å². The lowest BCUT2D eigenvalue weighted by atomic mass is 9.97. The number of carbonyl (C=O) groups is 4. The van der Waals surface area contributed by atoms with E-state index in [2.05, 4.69) is 36.2 Å². The molecule has 2 atom stereocenters. The molecule has 2 N–H and O–H groups in total. The molecule has 2 unspecified atom stereocenters. The first kappa shape index (κ1) is 44.7. The highest BCUT2D eigenvalue weighted by Gasteiger charge is 2.39. The quantitative estimate of drug-likeness (QED) is 0.160. The first-order chi connectivity index (χ1) is 33.1. The van der Waals surface area contributed by atoms with Crippen molar-refractivity contribution in [3.63, 3.8) is 0 Å². The van der Waals surface area contributed by atoms with Crippen molar-refractivity contribution in [2.24, 2.45) is 5.92 Å². The van der Waals surface area contributed by atoms with Gasteiger partial charge in [0.25, 0.3) is 5.91 Å². The number of amides is 4. The van der Waals surface area contributed by atoms with Crippen molar-refractivity contribution in [3.8, 4) is 22.9 Å². The zero-order valence-corrected chi connectivity index (χ0v) is 38.0. The van der Waals surface area contributed by atoms with Crippen molar-refractivity contribution in [1.29, 1.82) is 5.26 Å². The summed E-state index contributed by atoms with van der Waals surface area (Å²) in [5.41, 5.74) is 6.16. The average Bonchev–Trinajstić information content (AvgIpc) is 3.94. The number of hydrogen-bond donors (Lipinski definition) is 2. The third-order valence-corrected chi connectivity index (χ3v) is 14.2. The molecule has 0 saturated carbocycles. The van der Waals surface area contributed by atoms with Crippen LogP contribution < -0.4 is 25.4 Å². The summed E-state index contributed by atoms with van der Waals surface area (Å²) < 4.78 is 8.12. The zero-order chi connectivity index (χ0) is 46.7. The van der Waals surface area contributed by atoms with Crippen LogP contribution in [0.25, 0.3) is 22.0 Å². The summed E-state index contributed by atoms with van der Waals surface area (Å²) in [5.74, 6) is 1.10. The van der Waals surface area contributed by atoms with E-state index >= 15 is 0 Å². The van der Waals surface area contributed by atoms with E-state index in [1.165, 1.54) is 6.07 Å². The van der Waals surface area contributed by atoms with Crippen LogP contribution in [0.1, 0.15) is 72.0 Å². The molecule has 4 fully saturated rings. The van der Waals surface area contributed by atoms with Gasteiger partial charge in [0.15, 0.2) is 0 Å². The Balaban J connectivity index is 0.681. The fraction of sp³-hybridized carbons (Fsp3) is 0.440. The lowest BCUT2D eigenvalue weighted by molar-refractivity contribution is -0.137. The van der Waals surface area contributed by atoms with Crippen molar-refractivity contribution >= 4 is 40.7 Å². The van der Waals surface area contributed by atoms with E-state index < -0.39 is 11.9 Å². The van der Waals surface area contributed by atoms with Gasteiger partial charge in [-0.15, -0.1) is 12.6 Å². The number of pyridine rings is 3. The van der Waals surface area contributed by atoms with E-state index in [0.717, 1.165) is 98.7 Å². The third kappa shape index (κ3) is 9.67. The van der Waals surface area contributed by atoms with E-state index in [1.54, 1.807) is 21.8 Å². The number of benzene rings is 1. The van der Waals surface area contributed by atoms with Gasteiger partial charge in [-0.1, -0.05) is 24.1 Å². The van der Waals surface area contributed by atoms with Crippen LogP contribution in [0.2, 0.25) is 0 Å². The molecule has 5 aliphatic rings. The maximum atomic E-state index is 13.4. The highest BCUT2D eigenvalue weighted by Crippen LogP contribution is 2.34. The van der Waals surface area contributed by atoms with Crippen LogP contribution in [-0.4, -0.2) is 136 Å². The van der Waals surface area contributed by atoms with Crippen LogP contribution in [0.3, 0.4) is 0 Å². The largest absolute Gasteiger partial charge is 0.654 e. The topological polar surface area (TPSA) is 207 Å². The molecule has 0 spiro atoms. The molecule has 4 saturated heterocycles. The van der Waals surface area contributed by atoms with Crippen LogP contribution in [-0.2, 0) is 27.5 Å². The fourth-order valence-electron chi connectivity index (χ4n) is 10.2. The SMILES string of the molecule is N#Cc1cnn2cc(OCC3CCN(C(=O)CCN4CCN(c5ccc6c(c5)C(=O)N(C5CCC(=O)NC5=O)C6)CC4)CC3)cc(-c3ccc(N4CCCC([N-]Cc5ccc(=O)[nH]c5)C4)nc3)c12. The van der Waals surface area contributed by atoms with Gasteiger partial charge < -0.3 is 34.6 Å². The molecule has 9 heterocycles. The Labute approximate surface area is 393 Å². The predicted octanol–water partition coefficient (Wildman–Crippen LogP) is 4.09. The van der Waals surface area contributed by atoms with Gasteiger partial charge in [0.05, 0.1) is 30.1 Å². The van der Waals surface area contributed by atoms with Crippen LogP contribution in [0.5, 0.6) is 5.75 Å². The standard InChI is InChI=1S/C50H55N12O6/c51-24-37-28-55-62-31-40(23-41(48(37)62)35-5-8-44(53-27-35)60-14-1-2-38(30-60)52-25-34-3-9-45(63)54-26-34)68-32-33-11-16-59(17-12-33)47(65)13-15-57-18-20-58(21-19-57)39-6-4-36-29-61(50(67)42(36)22-39)43-7-10-46(64)56-49(43)66/h3-6,8-9,22-23,26-28,31,33,38,43H,1-2,7,10-21,25,29-30,32H2,(H,54,63)(H,56,64,66)/q-1. The Morgan fingerprint density at radius 2 is 1.75 bits per heavy atom. The van der Waals surface area contributed by atoms with Crippen LogP contribution in [0.4, 0.5) is 11.5 Å². The van der Waals surface area contributed by atoms with Gasteiger partial charge in [0, 0.05) is 119 Å². The number of piperazine rings is 1. The molecule has 0 radical (unpaired) electrons. The summed E-state index contributed by atoms with van der Waals surface area (Å²) >= 11 is 0. The molecular formula is C50H55N12O6-. The number of nitrogens with zero attached hydrogens (tertiary/aromatic N) is 10. The lowest BCUT2D eigenvalue weighted by Gasteiger charge is -2.41. The number of piperidine rings is 3. The van der Waals surface area contributed by atoms with E-state index in [-0.39, 0.29) is 41.7 Å². The molecule has 18 heteroatoms. The molecule has 5 aromatic rings. The average molecular weight is 920 g/mol. The van der Waals surface area contributed by atoms with Gasteiger partial charge in [-0.25, -0.2) is 9.50 Å². The number of carbonyl (C=O) groups excluding carboxylic acids is 4.